The summed E-state index contributed by atoms with van der Waals surface area (Å²) < 4.78 is 62.9. The Bertz CT molecular complexity index is 2380. The second-order valence-corrected chi connectivity index (χ2v) is 19.4. The summed E-state index contributed by atoms with van der Waals surface area (Å²) in [6.07, 6.45) is -4.79. The standard InChI is InChI=1S/C18H28BNO4.C13H13Cl.C11H13BrO2.C6H4BrF3O.CH2O3.2Cs.Na.2H/c1-16(2,3)22-15(21)20-12-13-8-10-14(11-9-13)19-23-17(4,5)18(6,7)24-19;1-9-3-5-11-6-4-10(2)13(8-14)12(11)7-9;1-11(2,10(13)14-3)8-5-4-6-9(12)7-8;7-3-4-1-2-5(11-4)6(8,9)10;2-1-4-3;;;;;/h8-11H,12H2,1-7H3,(H,20,21);3-7H,8H2,1-2H3;4-7H,1-3H3;1-2H,3H2;1,3H;;;;;/q;;;;;3*+1;2*-1/p-1. The van der Waals surface area contributed by atoms with Crippen LogP contribution in [0.1, 0.15) is 105 Å². The van der Waals surface area contributed by atoms with Gasteiger partial charge in [0, 0.05) is 16.9 Å². The molecule has 21 heteroatoms. The molecule has 1 N–H and O–H groups in total. The molecule has 4 aromatic carbocycles. The number of halogens is 6. The van der Waals surface area contributed by atoms with E-state index in [9.17, 15) is 22.8 Å². The Balaban J connectivity index is -0.000000423. The van der Waals surface area contributed by atoms with Crippen LogP contribution in [0.3, 0.4) is 0 Å². The summed E-state index contributed by atoms with van der Waals surface area (Å²) in [5.74, 6) is -0.313. The number of ether oxygens (including phenoxy) is 2. The Labute approximate surface area is 575 Å². The van der Waals surface area contributed by atoms with Crippen LogP contribution < -0.4 is 183 Å². The number of nitrogens with one attached hydrogen (secondary N) is 1. The van der Waals surface area contributed by atoms with Crippen molar-refractivity contribution in [2.75, 3.05) is 7.11 Å². The van der Waals surface area contributed by atoms with Crippen LogP contribution in [0.4, 0.5) is 18.0 Å². The zero-order valence-corrected chi connectivity index (χ0v) is 61.3. The van der Waals surface area contributed by atoms with Gasteiger partial charge >= 0.3 is 193 Å². The van der Waals surface area contributed by atoms with Gasteiger partial charge in [-0.3, -0.25) is 9.59 Å². The molecule has 370 valence electrons. The molecule has 70 heavy (non-hydrogen) atoms. The minimum atomic E-state index is -4.37. The molecule has 1 aromatic heterocycles. The number of benzene rings is 4. The van der Waals surface area contributed by atoms with E-state index in [2.05, 4.69) is 90.7 Å². The van der Waals surface area contributed by atoms with E-state index in [1.54, 1.807) is 0 Å². The summed E-state index contributed by atoms with van der Waals surface area (Å²) in [4.78, 5) is 34.4. The summed E-state index contributed by atoms with van der Waals surface area (Å²) in [7, 11) is 1.03. The number of amides is 1. The van der Waals surface area contributed by atoms with E-state index < -0.39 is 29.0 Å². The minimum absolute atomic E-state index is 0. The number of alkyl halides is 5. The number of esters is 1. The molecule has 1 aliphatic rings. The van der Waals surface area contributed by atoms with Crippen molar-refractivity contribution in [3.63, 3.8) is 0 Å². The van der Waals surface area contributed by atoms with Crippen molar-refractivity contribution in [1.82, 2.24) is 5.32 Å². The van der Waals surface area contributed by atoms with E-state index in [4.69, 9.17) is 40.4 Å². The first-order valence-corrected chi connectivity index (χ1v) is 23.2. The Hall–Kier alpha value is 0.719. The topological polar surface area (TPSA) is 146 Å². The van der Waals surface area contributed by atoms with E-state index in [0.717, 1.165) is 27.1 Å². The molecule has 0 bridgehead atoms. The maximum atomic E-state index is 11.8. The number of carbonyl (C=O) groups excluding carboxylic acids is 3. The Morgan fingerprint density at radius 1 is 0.886 bits per heavy atom. The number of methoxy groups -OCH3 is 1. The van der Waals surface area contributed by atoms with Crippen molar-refractivity contribution in [2.24, 2.45) is 0 Å². The van der Waals surface area contributed by atoms with E-state index in [0.29, 0.717) is 17.8 Å². The predicted octanol–water partition coefficient (Wildman–Crippen LogP) is 2.97. The van der Waals surface area contributed by atoms with Gasteiger partial charge in [0.1, 0.15) is 11.4 Å². The molecular formula is C49H61BBr2ClCs2F3NNaO10. The van der Waals surface area contributed by atoms with Crippen LogP contribution in [-0.2, 0) is 62.6 Å². The zero-order valence-electron chi connectivity index (χ0n) is 44.8. The van der Waals surface area contributed by atoms with Crippen LogP contribution in [0.25, 0.3) is 10.8 Å². The maximum Gasteiger partial charge on any atom is 1.00 e. The average molecular weight is 1380 g/mol. The van der Waals surface area contributed by atoms with Crippen LogP contribution in [0.5, 0.6) is 0 Å². The molecule has 0 radical (unpaired) electrons. The molecule has 5 aromatic rings. The van der Waals surface area contributed by atoms with E-state index >= 15 is 0 Å². The van der Waals surface area contributed by atoms with Crippen molar-refractivity contribution < 1.29 is 231 Å². The van der Waals surface area contributed by atoms with Gasteiger partial charge in [-0.05, 0) is 139 Å². The molecule has 1 fully saturated rings. The van der Waals surface area contributed by atoms with Crippen molar-refractivity contribution >= 4 is 85.3 Å². The van der Waals surface area contributed by atoms with Crippen LogP contribution in [0.2, 0.25) is 0 Å². The van der Waals surface area contributed by atoms with Crippen LogP contribution in [-0.4, -0.2) is 49.6 Å². The molecule has 0 spiro atoms. The molecule has 1 amide bonds. The van der Waals surface area contributed by atoms with E-state index in [-0.39, 0.29) is 207 Å². The summed E-state index contributed by atoms with van der Waals surface area (Å²) in [6.45, 7) is 21.8. The maximum absolute atomic E-state index is 11.8. The van der Waals surface area contributed by atoms with Gasteiger partial charge in [0.15, 0.2) is 0 Å². The third kappa shape index (κ3) is 24.4. The zero-order chi connectivity index (χ0) is 51.0. The smallest absolute Gasteiger partial charge is 1.00 e. The molecule has 1 aliphatic heterocycles. The first kappa shape index (κ1) is 72.8. The molecule has 11 nitrogen and oxygen atoms in total. The number of carbonyl (C=O) groups is 3. The summed E-state index contributed by atoms with van der Waals surface area (Å²) in [6, 6.07) is 28.5. The number of rotatable bonds is 8. The summed E-state index contributed by atoms with van der Waals surface area (Å²) in [5, 5.41) is 14.0. The van der Waals surface area contributed by atoms with Gasteiger partial charge in [-0.15, -0.1) is 11.6 Å². The fourth-order valence-electron chi connectivity index (χ4n) is 5.89. The largest absolute Gasteiger partial charge is 1.00 e. The van der Waals surface area contributed by atoms with Gasteiger partial charge in [0.05, 0.1) is 29.1 Å². The minimum Gasteiger partial charge on any atom is -1.00 e. The molecule has 0 aliphatic carbocycles. The molecule has 0 unspecified atom stereocenters. The van der Waals surface area contributed by atoms with Gasteiger partial charge in [-0.25, -0.2) is 4.79 Å². The fourth-order valence-corrected chi connectivity index (χ4v) is 6.95. The average Bonchev–Trinajstić information content (AvgIpc) is 3.84. The van der Waals surface area contributed by atoms with Gasteiger partial charge in [0.25, 0.3) is 6.47 Å². The first-order chi connectivity index (χ1) is 31.0. The molecule has 1 saturated heterocycles. The SMILES string of the molecule is CC(C)(C)OC(=O)NCc1ccc(B2OC(C)(C)C(C)(C)O2)cc1.COC(=O)C(C)(C)c1cccc(Br)c1.Cc1ccc2ccc(C)c(CCl)c2c1.FC(F)(F)c1ccc(CBr)o1.O=CO[O-].[Cs+].[Cs+].[H-].[H-].[Na+]. The number of alkyl carbamates (subject to hydrolysis) is 1. The van der Waals surface area contributed by atoms with E-state index in [1.807, 2.05) is 111 Å². The number of furan rings is 1. The van der Waals surface area contributed by atoms with Crippen LogP contribution in [0.15, 0.2) is 99.9 Å². The number of fused-ring (bicyclic) bond motifs is 1. The second kappa shape index (κ2) is 33.8. The molecule has 0 atom stereocenters. The van der Waals surface area contributed by atoms with E-state index in [1.165, 1.54) is 40.6 Å². The molecule has 0 saturated carbocycles. The fraction of sp³-hybridized carbons (Fsp3) is 0.408. The van der Waals surface area contributed by atoms with Crippen molar-refractivity contribution in [3.05, 3.63) is 135 Å². The molecule has 2 heterocycles. The summed E-state index contributed by atoms with van der Waals surface area (Å²) in [5.41, 5.74) is 4.92. The number of aryl methyl sites for hydroxylation is 2. The van der Waals surface area contributed by atoms with Gasteiger partial charge in [-0.1, -0.05) is 104 Å². The van der Waals surface area contributed by atoms with Crippen molar-refractivity contribution in [3.8, 4) is 0 Å². The van der Waals surface area contributed by atoms with Crippen molar-refractivity contribution in [2.45, 2.75) is 122 Å². The number of hydrogen-bond donors (Lipinski definition) is 1. The van der Waals surface area contributed by atoms with Gasteiger partial charge < -0.3 is 41.5 Å². The van der Waals surface area contributed by atoms with Gasteiger partial charge in [0.2, 0.25) is 5.76 Å². The predicted molar refractivity (Wildman–Crippen MR) is 263 cm³/mol. The second-order valence-electron chi connectivity index (χ2n) is 17.6. The van der Waals surface area contributed by atoms with Crippen LogP contribution >= 0.6 is 43.5 Å². The van der Waals surface area contributed by atoms with Crippen LogP contribution in [0, 0.1) is 13.8 Å². The number of hydrogen-bond acceptors (Lipinski definition) is 10. The summed E-state index contributed by atoms with van der Waals surface area (Å²) >= 11 is 12.3. The third-order valence-corrected chi connectivity index (χ3v) is 11.7. The quantitative estimate of drug-likeness (QED) is 0.0616. The normalized spacial score (nSPS) is 13.2. The Kier molecular flexibility index (Phi) is 35.1. The Morgan fingerprint density at radius 3 is 1.89 bits per heavy atom. The van der Waals surface area contributed by atoms with Crippen molar-refractivity contribution in [1.29, 1.82) is 0 Å². The Morgan fingerprint density at radius 2 is 1.44 bits per heavy atom. The first-order valence-electron chi connectivity index (χ1n) is 20.8. The molecule has 6 rings (SSSR count). The monoisotopic (exact) mass is 1370 g/mol. The third-order valence-electron chi connectivity index (χ3n) is 10.4. The van der Waals surface area contributed by atoms with Gasteiger partial charge in [-0.2, -0.15) is 13.2 Å². The molecular weight excluding hydrogens is 1310 g/mol.